The smallest absolute Gasteiger partial charge is 0.178 e. The monoisotopic (exact) mass is 377 g/mol. The van der Waals surface area contributed by atoms with Gasteiger partial charge >= 0.3 is 0 Å². The van der Waals surface area contributed by atoms with Gasteiger partial charge in [0.1, 0.15) is 23.2 Å². The van der Waals surface area contributed by atoms with Crippen LogP contribution in [0.5, 0.6) is 0 Å². The molecule has 0 N–H and O–H groups in total. The summed E-state index contributed by atoms with van der Waals surface area (Å²) in [5.41, 5.74) is 0. The maximum atomic E-state index is 6.53. The van der Waals surface area contributed by atoms with E-state index in [0.717, 1.165) is 13.0 Å². The van der Waals surface area contributed by atoms with Gasteiger partial charge in [0.2, 0.25) is 0 Å². The second-order valence-electron chi connectivity index (χ2n) is 7.38. The van der Waals surface area contributed by atoms with Gasteiger partial charge in [-0.15, -0.1) is 0 Å². The quantitative estimate of drug-likeness (QED) is 0.478. The largest absolute Gasteiger partial charge is 0.343 e. The Morgan fingerprint density at radius 1 is 0.630 bits per heavy atom. The average molecular weight is 377 g/mol. The van der Waals surface area contributed by atoms with Crippen LogP contribution in [-0.4, -0.2) is 12.5 Å². The lowest BCUT2D eigenvalue weighted by Crippen LogP contribution is -2.39. The fourth-order valence-corrected chi connectivity index (χ4v) is 8.06. The van der Waals surface area contributed by atoms with Gasteiger partial charge in [0.15, 0.2) is 5.85 Å². The van der Waals surface area contributed by atoms with Crippen LogP contribution in [0.25, 0.3) is 0 Å². The van der Waals surface area contributed by atoms with Gasteiger partial charge in [0, 0.05) is 0 Å². The zero-order chi connectivity index (χ0) is 19.1. The Morgan fingerprint density at radius 2 is 1.00 bits per heavy atom. The van der Waals surface area contributed by atoms with Crippen LogP contribution in [0.3, 0.4) is 0 Å². The molecule has 0 fully saturated rings. The highest BCUT2D eigenvalue weighted by molar-refractivity contribution is 7.96. The topological polar surface area (TPSA) is 9.23 Å². The molecular weight excluding hydrogens is 347 g/mol. The molecule has 0 radical (unpaired) electrons. The molecule has 2 heteroatoms. The molecule has 0 saturated heterocycles. The zero-order valence-corrected chi connectivity index (χ0v) is 17.5. The summed E-state index contributed by atoms with van der Waals surface area (Å²) < 4.78 is 6.53. The molecule has 0 heterocycles. The molecule has 3 rings (SSSR count). The Balaban J connectivity index is 2.17. The van der Waals surface area contributed by atoms with Crippen molar-refractivity contribution in [3.8, 4) is 0 Å². The summed E-state index contributed by atoms with van der Waals surface area (Å²) in [4.78, 5) is 0. The predicted octanol–water partition coefficient (Wildman–Crippen LogP) is 5.39. The number of benzene rings is 3. The molecule has 3 aromatic rings. The summed E-state index contributed by atoms with van der Waals surface area (Å²) in [6.07, 6.45) is 1.09. The van der Waals surface area contributed by atoms with Crippen LogP contribution in [0.2, 0.25) is 0 Å². The van der Waals surface area contributed by atoms with Gasteiger partial charge in [0.05, 0.1) is 6.61 Å². The highest BCUT2D eigenvalue weighted by Crippen LogP contribution is 2.59. The first kappa shape index (κ1) is 19.8. The lowest BCUT2D eigenvalue weighted by atomic mass is 10.1. The predicted molar refractivity (Wildman–Crippen MR) is 120 cm³/mol. The molecule has 0 saturated carbocycles. The second kappa shape index (κ2) is 9.31. The Morgan fingerprint density at radius 3 is 1.33 bits per heavy atom. The first-order valence-corrected chi connectivity index (χ1v) is 11.7. The van der Waals surface area contributed by atoms with Gasteiger partial charge in [-0.05, 0) is 55.7 Å². The van der Waals surface area contributed by atoms with E-state index >= 15 is 0 Å². The summed E-state index contributed by atoms with van der Waals surface area (Å²) in [7, 11) is -1.93. The van der Waals surface area contributed by atoms with E-state index in [0.29, 0.717) is 5.92 Å². The number of hydrogen-bond donors (Lipinski definition) is 0. The van der Waals surface area contributed by atoms with Crippen molar-refractivity contribution in [1.29, 1.82) is 0 Å². The van der Waals surface area contributed by atoms with Gasteiger partial charge in [-0.2, -0.15) is 0 Å². The van der Waals surface area contributed by atoms with Crippen LogP contribution in [0.1, 0.15) is 27.2 Å². The van der Waals surface area contributed by atoms with E-state index in [1.165, 1.54) is 15.9 Å². The van der Waals surface area contributed by atoms with Crippen molar-refractivity contribution in [2.24, 2.45) is 5.92 Å². The minimum absolute atomic E-state index is 0.114. The van der Waals surface area contributed by atoms with Crippen molar-refractivity contribution in [3.05, 3.63) is 91.0 Å². The van der Waals surface area contributed by atoms with Crippen LogP contribution in [-0.2, 0) is 4.74 Å². The molecule has 0 spiro atoms. The minimum atomic E-state index is -1.93. The first-order chi connectivity index (χ1) is 13.2. The molecule has 0 aliphatic carbocycles. The van der Waals surface area contributed by atoms with Gasteiger partial charge in [-0.25, -0.2) is 0 Å². The molecule has 0 aliphatic heterocycles. The number of hydrogen-bond acceptors (Lipinski definition) is 1. The summed E-state index contributed by atoms with van der Waals surface area (Å²) in [5.74, 6) is 0.763. The van der Waals surface area contributed by atoms with E-state index in [9.17, 15) is 0 Å². The van der Waals surface area contributed by atoms with E-state index in [1.54, 1.807) is 0 Å². The molecule has 0 amide bonds. The molecule has 0 aliphatic rings. The van der Waals surface area contributed by atoms with Crippen molar-refractivity contribution in [2.75, 3.05) is 6.61 Å². The van der Waals surface area contributed by atoms with Crippen molar-refractivity contribution in [2.45, 2.75) is 33.0 Å². The van der Waals surface area contributed by atoms with Gasteiger partial charge in [-0.1, -0.05) is 68.4 Å². The van der Waals surface area contributed by atoms with Gasteiger partial charge in [0.25, 0.3) is 0 Å². The van der Waals surface area contributed by atoms with Crippen molar-refractivity contribution in [1.82, 2.24) is 0 Å². The number of rotatable bonds is 8. The first-order valence-electron chi connectivity index (χ1n) is 9.83. The fraction of sp³-hybridized carbons (Fsp3) is 0.280. The highest BCUT2D eigenvalue weighted by atomic mass is 31.2. The summed E-state index contributed by atoms with van der Waals surface area (Å²) in [5, 5.41) is 4.12. The van der Waals surface area contributed by atoms with Crippen molar-refractivity contribution in [3.63, 3.8) is 0 Å². The third kappa shape index (κ3) is 4.32. The van der Waals surface area contributed by atoms with E-state index in [1.807, 2.05) is 0 Å². The Hall–Kier alpha value is -1.95. The van der Waals surface area contributed by atoms with Crippen molar-refractivity contribution < 1.29 is 4.74 Å². The summed E-state index contributed by atoms with van der Waals surface area (Å²) in [6, 6.07) is 32.8. The standard InChI is InChI=1S/C25H30OP/c1-21(2)19-20-26-22(3)27(23-13-7-4-8-14-23,24-15-9-5-10-16-24)25-17-11-6-12-18-25/h4-18,21-22H,19-20H2,1-3H3/q+1. The molecule has 1 nitrogen and oxygen atoms in total. The van der Waals surface area contributed by atoms with Crippen LogP contribution in [0.15, 0.2) is 91.0 Å². The second-order valence-corrected chi connectivity index (χ2v) is 11.1. The van der Waals surface area contributed by atoms with Gasteiger partial charge < -0.3 is 4.74 Å². The molecule has 0 aromatic heterocycles. The van der Waals surface area contributed by atoms with E-state index in [2.05, 4.69) is 112 Å². The Kier molecular flexibility index (Phi) is 6.83. The van der Waals surface area contributed by atoms with Crippen LogP contribution in [0, 0.1) is 5.92 Å². The lowest BCUT2D eigenvalue weighted by molar-refractivity contribution is 0.110. The Labute approximate surface area is 164 Å². The minimum Gasteiger partial charge on any atom is -0.343 e. The third-order valence-electron chi connectivity index (χ3n) is 5.09. The number of ether oxygens (including phenoxy) is 1. The van der Waals surface area contributed by atoms with Crippen molar-refractivity contribution >= 4 is 23.2 Å². The Bertz CT molecular complexity index is 703. The lowest BCUT2D eigenvalue weighted by Gasteiger charge is -2.32. The molecule has 140 valence electrons. The zero-order valence-electron chi connectivity index (χ0n) is 16.6. The third-order valence-corrected chi connectivity index (χ3v) is 9.67. The molecule has 27 heavy (non-hydrogen) atoms. The molecule has 1 unspecified atom stereocenters. The maximum absolute atomic E-state index is 6.53. The highest BCUT2D eigenvalue weighted by Gasteiger charge is 2.51. The fourth-order valence-electron chi connectivity index (χ4n) is 3.65. The van der Waals surface area contributed by atoms with E-state index < -0.39 is 7.26 Å². The summed E-state index contributed by atoms with van der Waals surface area (Å²) in [6.45, 7) is 7.57. The SMILES string of the molecule is CC(C)CCOC(C)[P+](c1ccccc1)(c1ccccc1)c1ccccc1. The average Bonchev–Trinajstić information content (AvgIpc) is 2.71. The van der Waals surface area contributed by atoms with E-state index in [4.69, 9.17) is 4.74 Å². The van der Waals surface area contributed by atoms with Crippen LogP contribution >= 0.6 is 7.26 Å². The molecule has 1 atom stereocenters. The molecule has 0 bridgehead atoms. The maximum Gasteiger partial charge on any atom is 0.178 e. The van der Waals surface area contributed by atoms with Gasteiger partial charge in [-0.3, -0.25) is 0 Å². The van der Waals surface area contributed by atoms with Crippen LogP contribution in [0.4, 0.5) is 0 Å². The van der Waals surface area contributed by atoms with E-state index in [-0.39, 0.29) is 5.85 Å². The molecular formula is C25H30OP+. The summed E-state index contributed by atoms with van der Waals surface area (Å²) >= 11 is 0. The van der Waals surface area contributed by atoms with Crippen LogP contribution < -0.4 is 15.9 Å². The normalized spacial score (nSPS) is 12.9. The molecule has 3 aromatic carbocycles.